The van der Waals surface area contributed by atoms with Gasteiger partial charge >= 0.3 is 0 Å². The molecular weight excluding hydrogens is 222 g/mol. The van der Waals surface area contributed by atoms with Gasteiger partial charge in [-0.05, 0) is 53.1 Å². The van der Waals surface area contributed by atoms with Gasteiger partial charge in [0.2, 0.25) is 0 Å². The van der Waals surface area contributed by atoms with Crippen LogP contribution in [0.2, 0.25) is 0 Å². The second-order valence-electron chi connectivity index (χ2n) is 5.92. The number of likely N-dealkylation sites (tertiary alicyclic amines) is 1. The first-order valence-corrected chi connectivity index (χ1v) is 7.42. The summed E-state index contributed by atoms with van der Waals surface area (Å²) >= 11 is 0. The van der Waals surface area contributed by atoms with Gasteiger partial charge in [-0.15, -0.1) is 0 Å². The van der Waals surface area contributed by atoms with Crippen molar-refractivity contribution in [1.82, 2.24) is 10.2 Å². The summed E-state index contributed by atoms with van der Waals surface area (Å²) in [6.45, 7) is 7.75. The van der Waals surface area contributed by atoms with Gasteiger partial charge in [0.25, 0.3) is 0 Å². The lowest BCUT2D eigenvalue weighted by Crippen LogP contribution is -2.50. The van der Waals surface area contributed by atoms with Gasteiger partial charge in [0.1, 0.15) is 5.54 Å². The number of rotatable bonds is 6. The monoisotopic (exact) mass is 251 g/mol. The SMILES string of the molecule is CCCC1CCCCN1C(C)CC(C)(C#N)NC. The number of nitriles is 1. The summed E-state index contributed by atoms with van der Waals surface area (Å²) in [6.07, 6.45) is 7.48. The molecule has 1 aliphatic rings. The Balaban J connectivity index is 2.63. The molecule has 0 saturated carbocycles. The number of nitrogens with one attached hydrogen (secondary N) is 1. The second kappa shape index (κ2) is 7.11. The third-order valence-corrected chi connectivity index (χ3v) is 4.36. The molecule has 0 aromatic carbocycles. The lowest BCUT2D eigenvalue weighted by Gasteiger charge is -2.42. The van der Waals surface area contributed by atoms with Crippen molar-refractivity contribution in [3.63, 3.8) is 0 Å². The molecule has 18 heavy (non-hydrogen) atoms. The Hall–Kier alpha value is -0.590. The van der Waals surface area contributed by atoms with E-state index in [-0.39, 0.29) is 0 Å². The van der Waals surface area contributed by atoms with Gasteiger partial charge in [-0.2, -0.15) is 5.26 Å². The van der Waals surface area contributed by atoms with Crippen LogP contribution in [0.3, 0.4) is 0 Å². The molecule has 0 bridgehead atoms. The quantitative estimate of drug-likeness (QED) is 0.789. The van der Waals surface area contributed by atoms with Crippen LogP contribution in [-0.2, 0) is 0 Å². The van der Waals surface area contributed by atoms with E-state index in [1.807, 2.05) is 14.0 Å². The van der Waals surface area contributed by atoms with Crippen molar-refractivity contribution in [2.24, 2.45) is 0 Å². The average molecular weight is 251 g/mol. The highest BCUT2D eigenvalue weighted by molar-refractivity contribution is 5.05. The summed E-state index contributed by atoms with van der Waals surface area (Å²) in [4.78, 5) is 2.64. The van der Waals surface area contributed by atoms with Gasteiger partial charge < -0.3 is 5.32 Å². The second-order valence-corrected chi connectivity index (χ2v) is 5.92. The smallest absolute Gasteiger partial charge is 0.105 e. The van der Waals surface area contributed by atoms with Crippen LogP contribution in [0.1, 0.15) is 59.3 Å². The van der Waals surface area contributed by atoms with E-state index in [1.165, 1.54) is 38.6 Å². The maximum Gasteiger partial charge on any atom is 0.105 e. The van der Waals surface area contributed by atoms with Crippen LogP contribution in [0.15, 0.2) is 0 Å². The van der Waals surface area contributed by atoms with Gasteiger partial charge in [-0.3, -0.25) is 4.90 Å². The first-order chi connectivity index (χ1) is 8.56. The largest absolute Gasteiger partial charge is 0.303 e. The van der Waals surface area contributed by atoms with Crippen molar-refractivity contribution < 1.29 is 0 Å². The zero-order valence-electron chi connectivity index (χ0n) is 12.5. The number of hydrogen-bond donors (Lipinski definition) is 1. The minimum atomic E-state index is -0.395. The molecule has 3 unspecified atom stereocenters. The van der Waals surface area contributed by atoms with Crippen molar-refractivity contribution in [3.05, 3.63) is 0 Å². The van der Waals surface area contributed by atoms with Crippen molar-refractivity contribution in [3.8, 4) is 6.07 Å². The molecule has 3 atom stereocenters. The molecule has 0 aliphatic carbocycles. The van der Waals surface area contributed by atoms with Crippen molar-refractivity contribution >= 4 is 0 Å². The number of nitrogens with zero attached hydrogens (tertiary/aromatic N) is 2. The van der Waals surface area contributed by atoms with Crippen LogP contribution >= 0.6 is 0 Å². The molecule has 0 radical (unpaired) electrons. The zero-order valence-corrected chi connectivity index (χ0v) is 12.5. The van der Waals surface area contributed by atoms with Crippen LogP contribution in [0.25, 0.3) is 0 Å². The summed E-state index contributed by atoms with van der Waals surface area (Å²) in [7, 11) is 1.88. The molecule has 104 valence electrons. The fourth-order valence-electron chi connectivity index (χ4n) is 3.16. The first-order valence-electron chi connectivity index (χ1n) is 7.42. The van der Waals surface area contributed by atoms with Crippen LogP contribution in [-0.4, -0.2) is 36.1 Å². The van der Waals surface area contributed by atoms with E-state index in [4.69, 9.17) is 0 Å². The molecule has 1 aliphatic heterocycles. The zero-order chi connectivity index (χ0) is 13.6. The third-order valence-electron chi connectivity index (χ3n) is 4.36. The van der Waals surface area contributed by atoms with Crippen molar-refractivity contribution in [2.45, 2.75) is 76.9 Å². The molecule has 0 spiro atoms. The molecule has 0 aromatic heterocycles. The topological polar surface area (TPSA) is 39.1 Å². The Morgan fingerprint density at radius 1 is 1.50 bits per heavy atom. The highest BCUT2D eigenvalue weighted by atomic mass is 15.2. The van der Waals surface area contributed by atoms with E-state index < -0.39 is 5.54 Å². The standard InChI is InChI=1S/C15H29N3/c1-5-8-14-9-6-7-10-18(14)13(2)11-15(3,12-16)17-4/h13-14,17H,5-11H2,1-4H3. The minimum Gasteiger partial charge on any atom is -0.303 e. The Bertz CT molecular complexity index is 282. The minimum absolute atomic E-state index is 0.395. The van der Waals surface area contributed by atoms with E-state index in [1.54, 1.807) is 0 Å². The van der Waals surface area contributed by atoms with E-state index in [0.29, 0.717) is 6.04 Å². The maximum absolute atomic E-state index is 9.27. The van der Waals surface area contributed by atoms with Crippen LogP contribution in [0.4, 0.5) is 0 Å². The third kappa shape index (κ3) is 3.96. The lowest BCUT2D eigenvalue weighted by atomic mass is 9.90. The maximum atomic E-state index is 9.27. The Morgan fingerprint density at radius 2 is 2.22 bits per heavy atom. The Kier molecular flexibility index (Phi) is 6.11. The van der Waals surface area contributed by atoms with E-state index in [0.717, 1.165) is 12.5 Å². The molecule has 3 heteroatoms. The van der Waals surface area contributed by atoms with Gasteiger partial charge in [0.05, 0.1) is 6.07 Å². The van der Waals surface area contributed by atoms with Gasteiger partial charge in [0, 0.05) is 12.1 Å². The van der Waals surface area contributed by atoms with E-state index in [9.17, 15) is 5.26 Å². The van der Waals surface area contributed by atoms with Gasteiger partial charge in [0.15, 0.2) is 0 Å². The molecule has 1 N–H and O–H groups in total. The Labute approximate surface area is 113 Å². The van der Waals surface area contributed by atoms with Gasteiger partial charge in [-0.1, -0.05) is 19.8 Å². The molecular formula is C15H29N3. The molecule has 3 nitrogen and oxygen atoms in total. The highest BCUT2D eigenvalue weighted by Crippen LogP contribution is 2.26. The Morgan fingerprint density at radius 3 is 2.78 bits per heavy atom. The predicted octanol–water partition coefficient (Wildman–Crippen LogP) is 2.92. The number of piperidine rings is 1. The first kappa shape index (κ1) is 15.5. The fraction of sp³-hybridized carbons (Fsp3) is 0.933. The number of hydrogen-bond acceptors (Lipinski definition) is 3. The molecule has 0 amide bonds. The highest BCUT2D eigenvalue weighted by Gasteiger charge is 2.31. The molecule has 1 saturated heterocycles. The normalized spacial score (nSPS) is 26.3. The average Bonchev–Trinajstić information content (AvgIpc) is 2.39. The summed E-state index contributed by atoms with van der Waals surface area (Å²) in [5.41, 5.74) is -0.395. The fourth-order valence-corrected chi connectivity index (χ4v) is 3.16. The molecule has 1 fully saturated rings. The summed E-state index contributed by atoms with van der Waals surface area (Å²) in [5.74, 6) is 0. The molecule has 1 rings (SSSR count). The lowest BCUT2D eigenvalue weighted by molar-refractivity contribution is 0.0824. The van der Waals surface area contributed by atoms with Gasteiger partial charge in [-0.25, -0.2) is 0 Å². The van der Waals surface area contributed by atoms with Crippen molar-refractivity contribution in [2.75, 3.05) is 13.6 Å². The van der Waals surface area contributed by atoms with Crippen LogP contribution < -0.4 is 5.32 Å². The molecule has 1 heterocycles. The van der Waals surface area contributed by atoms with E-state index in [2.05, 4.69) is 30.1 Å². The predicted molar refractivity (Wildman–Crippen MR) is 76.4 cm³/mol. The summed E-state index contributed by atoms with van der Waals surface area (Å²) in [5, 5.41) is 12.4. The van der Waals surface area contributed by atoms with E-state index >= 15 is 0 Å². The summed E-state index contributed by atoms with van der Waals surface area (Å²) in [6, 6.07) is 3.63. The summed E-state index contributed by atoms with van der Waals surface area (Å²) < 4.78 is 0. The van der Waals surface area contributed by atoms with Crippen LogP contribution in [0, 0.1) is 11.3 Å². The van der Waals surface area contributed by atoms with Crippen LogP contribution in [0.5, 0.6) is 0 Å². The molecule has 0 aromatic rings. The van der Waals surface area contributed by atoms with Crippen molar-refractivity contribution in [1.29, 1.82) is 5.26 Å².